The molecule has 1 aliphatic carbocycles. The minimum Gasteiger partial charge on any atom is -0.496 e. The van der Waals surface area contributed by atoms with E-state index >= 15 is 0 Å². The lowest BCUT2D eigenvalue weighted by atomic mass is 9.98. The van der Waals surface area contributed by atoms with Crippen LogP contribution in [0.5, 0.6) is 5.75 Å². The van der Waals surface area contributed by atoms with E-state index in [1.54, 1.807) is 12.1 Å². The van der Waals surface area contributed by atoms with Gasteiger partial charge in [0.2, 0.25) is 0 Å². The number of amides is 1. The van der Waals surface area contributed by atoms with Gasteiger partial charge in [-0.2, -0.15) is 0 Å². The maximum Gasteiger partial charge on any atom is 0.255 e. The number of nitrogens with zero attached hydrogens (tertiary/aromatic N) is 1. The molecule has 0 bridgehead atoms. The maximum absolute atomic E-state index is 12.7. The standard InChI is InChI=1S/C21H28ClN3O2/c1-14-3-5-15(6-4-14)13-25-9-7-16(8-10-25)24-21(26)17-11-18(22)19(23)12-20(17)27-2/h3,6,11-12,16H,4-5,7-10,13,23H2,1-2H3,(H,24,26). The number of piperidine rings is 1. The van der Waals surface area contributed by atoms with Gasteiger partial charge in [-0.25, -0.2) is 0 Å². The number of rotatable bonds is 5. The fourth-order valence-corrected chi connectivity index (χ4v) is 3.77. The number of ether oxygens (including phenoxy) is 1. The minimum atomic E-state index is -0.164. The van der Waals surface area contributed by atoms with Gasteiger partial charge >= 0.3 is 0 Å². The minimum absolute atomic E-state index is 0.164. The summed E-state index contributed by atoms with van der Waals surface area (Å²) in [4.78, 5) is 15.1. The summed E-state index contributed by atoms with van der Waals surface area (Å²) in [6.07, 6.45) is 8.72. The molecule has 0 saturated carbocycles. The molecule has 0 spiro atoms. The van der Waals surface area contributed by atoms with E-state index in [-0.39, 0.29) is 11.9 Å². The molecule has 1 fully saturated rings. The molecular weight excluding hydrogens is 362 g/mol. The largest absolute Gasteiger partial charge is 0.496 e. The molecule has 1 aromatic carbocycles. The number of allylic oxidation sites excluding steroid dienone is 3. The molecule has 5 nitrogen and oxygen atoms in total. The summed E-state index contributed by atoms with van der Waals surface area (Å²) in [7, 11) is 1.52. The topological polar surface area (TPSA) is 67.6 Å². The molecule has 27 heavy (non-hydrogen) atoms. The number of hydrogen-bond acceptors (Lipinski definition) is 4. The van der Waals surface area contributed by atoms with E-state index in [0.29, 0.717) is 22.0 Å². The molecule has 6 heteroatoms. The van der Waals surface area contributed by atoms with E-state index in [1.807, 2.05) is 0 Å². The van der Waals surface area contributed by atoms with Crippen molar-refractivity contribution < 1.29 is 9.53 Å². The fraction of sp³-hybridized carbons (Fsp3) is 0.476. The number of benzene rings is 1. The van der Waals surface area contributed by atoms with Gasteiger partial charge in [0.25, 0.3) is 5.91 Å². The zero-order valence-corrected chi connectivity index (χ0v) is 16.8. The zero-order valence-electron chi connectivity index (χ0n) is 16.1. The quantitative estimate of drug-likeness (QED) is 0.593. The van der Waals surface area contributed by atoms with Gasteiger partial charge in [-0.1, -0.05) is 34.9 Å². The summed E-state index contributed by atoms with van der Waals surface area (Å²) in [5.41, 5.74) is 9.58. The molecule has 0 aromatic heterocycles. The predicted octanol–water partition coefficient (Wildman–Crippen LogP) is 3.79. The van der Waals surface area contributed by atoms with Crippen LogP contribution in [0.4, 0.5) is 5.69 Å². The van der Waals surface area contributed by atoms with E-state index in [4.69, 9.17) is 22.1 Å². The molecule has 1 saturated heterocycles. The Labute approximate surface area is 166 Å². The lowest BCUT2D eigenvalue weighted by Gasteiger charge is -2.33. The molecule has 2 aliphatic rings. The van der Waals surface area contributed by atoms with E-state index < -0.39 is 0 Å². The predicted molar refractivity (Wildman–Crippen MR) is 110 cm³/mol. The Morgan fingerprint density at radius 2 is 2.04 bits per heavy atom. The Morgan fingerprint density at radius 3 is 2.67 bits per heavy atom. The highest BCUT2D eigenvalue weighted by atomic mass is 35.5. The van der Waals surface area contributed by atoms with Crippen LogP contribution in [0.15, 0.2) is 35.4 Å². The number of hydrogen-bond donors (Lipinski definition) is 2. The van der Waals surface area contributed by atoms with Gasteiger partial charge in [0.1, 0.15) is 5.75 Å². The van der Waals surface area contributed by atoms with Crippen molar-refractivity contribution in [2.75, 3.05) is 32.5 Å². The molecule has 0 atom stereocenters. The third-order valence-corrected chi connectivity index (χ3v) is 5.67. The lowest BCUT2D eigenvalue weighted by Crippen LogP contribution is -2.45. The van der Waals surface area contributed by atoms with E-state index in [9.17, 15) is 4.79 Å². The maximum atomic E-state index is 12.7. The number of nitrogen functional groups attached to an aromatic ring is 1. The summed E-state index contributed by atoms with van der Waals surface area (Å²) < 4.78 is 5.28. The van der Waals surface area contributed by atoms with Gasteiger partial charge in [-0.15, -0.1) is 0 Å². The fourth-order valence-electron chi connectivity index (χ4n) is 3.61. The van der Waals surface area contributed by atoms with Crippen molar-refractivity contribution in [3.05, 3.63) is 46.0 Å². The molecule has 1 aromatic rings. The van der Waals surface area contributed by atoms with E-state index in [0.717, 1.165) is 45.3 Å². The van der Waals surface area contributed by atoms with Crippen LogP contribution in [0.2, 0.25) is 5.02 Å². The summed E-state index contributed by atoms with van der Waals surface area (Å²) >= 11 is 6.07. The van der Waals surface area contributed by atoms with Gasteiger partial charge in [-0.3, -0.25) is 9.69 Å². The molecular formula is C21H28ClN3O2. The average molecular weight is 390 g/mol. The average Bonchev–Trinajstić information content (AvgIpc) is 2.67. The van der Waals surface area contributed by atoms with Gasteiger partial charge in [-0.05, 0) is 38.7 Å². The number of nitrogens with one attached hydrogen (secondary N) is 1. The second-order valence-corrected chi connectivity index (χ2v) is 7.83. The first-order valence-electron chi connectivity index (χ1n) is 9.46. The molecule has 146 valence electrons. The van der Waals surface area contributed by atoms with Crippen LogP contribution in [0.3, 0.4) is 0 Å². The van der Waals surface area contributed by atoms with Gasteiger partial charge in [0.05, 0.1) is 23.4 Å². The van der Waals surface area contributed by atoms with Gasteiger partial charge in [0, 0.05) is 31.7 Å². The van der Waals surface area contributed by atoms with Gasteiger partial charge in [0.15, 0.2) is 0 Å². The Morgan fingerprint density at radius 1 is 1.30 bits per heavy atom. The van der Waals surface area contributed by atoms with Crippen LogP contribution in [-0.4, -0.2) is 43.6 Å². The van der Waals surface area contributed by atoms with E-state index in [1.165, 1.54) is 18.3 Å². The first-order chi connectivity index (χ1) is 13.0. The second-order valence-electron chi connectivity index (χ2n) is 7.42. The third-order valence-electron chi connectivity index (χ3n) is 5.34. The van der Waals surface area contributed by atoms with Crippen molar-refractivity contribution in [3.63, 3.8) is 0 Å². The summed E-state index contributed by atoms with van der Waals surface area (Å²) in [5, 5.41) is 3.48. The van der Waals surface area contributed by atoms with Crippen LogP contribution in [-0.2, 0) is 0 Å². The summed E-state index contributed by atoms with van der Waals surface area (Å²) in [6, 6.07) is 3.33. The number of carbonyl (C=O) groups is 1. The Bertz CT molecular complexity index is 765. The number of nitrogens with two attached hydrogens (primary N) is 1. The highest BCUT2D eigenvalue weighted by Gasteiger charge is 2.23. The zero-order chi connectivity index (χ0) is 19.4. The van der Waals surface area contributed by atoms with Crippen molar-refractivity contribution in [2.45, 2.75) is 38.6 Å². The molecule has 1 amide bonds. The summed E-state index contributed by atoms with van der Waals surface area (Å²) in [5.74, 6) is 0.280. The molecule has 3 rings (SSSR count). The lowest BCUT2D eigenvalue weighted by molar-refractivity contribution is 0.0910. The van der Waals surface area contributed by atoms with Crippen molar-refractivity contribution in [2.24, 2.45) is 0 Å². The number of carbonyl (C=O) groups excluding carboxylic acids is 1. The van der Waals surface area contributed by atoms with Crippen molar-refractivity contribution in [3.8, 4) is 5.75 Å². The Kier molecular flexibility index (Phi) is 6.45. The van der Waals surface area contributed by atoms with Crippen molar-refractivity contribution in [1.82, 2.24) is 10.2 Å². The smallest absolute Gasteiger partial charge is 0.255 e. The normalized spacial score (nSPS) is 18.6. The SMILES string of the molecule is COc1cc(N)c(Cl)cc1C(=O)NC1CCN(CC2=CCC(C)=CC2)CC1. The number of halogens is 1. The molecule has 1 aliphatic heterocycles. The van der Waals surface area contributed by atoms with Crippen LogP contribution >= 0.6 is 11.6 Å². The first kappa shape index (κ1) is 19.8. The van der Waals surface area contributed by atoms with Crippen molar-refractivity contribution >= 4 is 23.2 Å². The van der Waals surface area contributed by atoms with Crippen LogP contribution < -0.4 is 15.8 Å². The first-order valence-corrected chi connectivity index (χ1v) is 9.84. The second kappa shape index (κ2) is 8.81. The summed E-state index contributed by atoms with van der Waals surface area (Å²) in [6.45, 7) is 5.20. The number of anilines is 1. The van der Waals surface area contributed by atoms with Crippen LogP contribution in [0, 0.1) is 0 Å². The highest BCUT2D eigenvalue weighted by molar-refractivity contribution is 6.33. The van der Waals surface area contributed by atoms with Crippen LogP contribution in [0.25, 0.3) is 0 Å². The van der Waals surface area contributed by atoms with Crippen LogP contribution in [0.1, 0.15) is 43.0 Å². The number of methoxy groups -OCH3 is 1. The third kappa shape index (κ3) is 5.05. The highest BCUT2D eigenvalue weighted by Crippen LogP contribution is 2.29. The Balaban J connectivity index is 1.52. The monoisotopic (exact) mass is 389 g/mol. The van der Waals surface area contributed by atoms with E-state index in [2.05, 4.69) is 29.3 Å². The molecule has 0 unspecified atom stereocenters. The van der Waals surface area contributed by atoms with Gasteiger partial charge < -0.3 is 15.8 Å². The molecule has 1 heterocycles. The Hall–Kier alpha value is -1.98. The van der Waals surface area contributed by atoms with Crippen molar-refractivity contribution in [1.29, 1.82) is 0 Å². The molecule has 0 radical (unpaired) electrons. The number of likely N-dealkylation sites (tertiary alicyclic amines) is 1. The molecule has 3 N–H and O–H groups in total.